The predicted molar refractivity (Wildman–Crippen MR) is 107 cm³/mol. The summed E-state index contributed by atoms with van der Waals surface area (Å²) in [7, 11) is 0. The van der Waals surface area contributed by atoms with Crippen LogP contribution in [0.25, 0.3) is 10.8 Å². The topological polar surface area (TPSA) is 36.4 Å². The average Bonchev–Trinajstić information content (AvgIpc) is 2.61. The quantitative estimate of drug-likeness (QED) is 0.386. The van der Waals surface area contributed by atoms with Gasteiger partial charge in [-0.2, -0.15) is 5.10 Å². The number of fused-ring (bicyclic) bond motifs is 1. The van der Waals surface area contributed by atoms with Crippen molar-refractivity contribution in [3.05, 3.63) is 77.3 Å². The van der Waals surface area contributed by atoms with Crippen LogP contribution in [-0.4, -0.2) is 10.8 Å². The molecular formula is C19H16ClN3S. The monoisotopic (exact) mass is 353 g/mol. The molecule has 0 radical (unpaired) electrons. The Kier molecular flexibility index (Phi) is 5.08. The van der Waals surface area contributed by atoms with Gasteiger partial charge in [0.05, 0.1) is 16.4 Å². The zero-order valence-corrected chi connectivity index (χ0v) is 14.7. The standard InChI is InChI=1S/C19H16ClN3S/c1-13(15-10-6-8-14-7-2-3-9-16(14)15)22-23-19(24)21-18-12-5-4-11-17(18)20/h2-12H,1H3,(H2,21,23,24)/b22-13+. The van der Waals surface area contributed by atoms with Gasteiger partial charge in [0.25, 0.3) is 0 Å². The Morgan fingerprint density at radius 2 is 1.67 bits per heavy atom. The lowest BCUT2D eigenvalue weighted by molar-refractivity contribution is 1.04. The van der Waals surface area contributed by atoms with Crippen LogP contribution in [0.2, 0.25) is 5.02 Å². The highest BCUT2D eigenvalue weighted by molar-refractivity contribution is 7.80. The average molecular weight is 354 g/mol. The van der Waals surface area contributed by atoms with Crippen LogP contribution in [-0.2, 0) is 0 Å². The van der Waals surface area contributed by atoms with Gasteiger partial charge in [-0.15, -0.1) is 0 Å². The number of benzene rings is 3. The van der Waals surface area contributed by atoms with E-state index in [-0.39, 0.29) is 0 Å². The van der Waals surface area contributed by atoms with Crippen molar-refractivity contribution in [2.24, 2.45) is 5.10 Å². The van der Waals surface area contributed by atoms with Crippen LogP contribution >= 0.6 is 23.8 Å². The Bertz CT molecular complexity index is 916. The van der Waals surface area contributed by atoms with Crippen molar-refractivity contribution in [2.75, 3.05) is 5.32 Å². The summed E-state index contributed by atoms with van der Waals surface area (Å²) in [5.74, 6) is 0. The molecule has 0 bridgehead atoms. The maximum Gasteiger partial charge on any atom is 0.191 e. The molecule has 0 spiro atoms. The summed E-state index contributed by atoms with van der Waals surface area (Å²) in [6.45, 7) is 1.95. The molecule has 0 aliphatic rings. The smallest absolute Gasteiger partial charge is 0.191 e. The van der Waals surface area contributed by atoms with E-state index < -0.39 is 0 Å². The Hall–Kier alpha value is -2.43. The molecule has 0 unspecified atom stereocenters. The molecule has 5 heteroatoms. The minimum Gasteiger partial charge on any atom is -0.330 e. The zero-order chi connectivity index (χ0) is 16.9. The second-order valence-electron chi connectivity index (χ2n) is 5.27. The van der Waals surface area contributed by atoms with E-state index in [4.69, 9.17) is 23.8 Å². The number of nitrogens with zero attached hydrogens (tertiary/aromatic N) is 1. The predicted octanol–water partition coefficient (Wildman–Crippen LogP) is 5.20. The van der Waals surface area contributed by atoms with Crippen molar-refractivity contribution < 1.29 is 0 Å². The first-order chi connectivity index (χ1) is 11.6. The first kappa shape index (κ1) is 16.4. The summed E-state index contributed by atoms with van der Waals surface area (Å²) in [4.78, 5) is 0. The second-order valence-corrected chi connectivity index (χ2v) is 6.09. The van der Waals surface area contributed by atoms with Gasteiger partial charge in [0.15, 0.2) is 5.11 Å². The number of nitrogens with one attached hydrogen (secondary N) is 2. The van der Waals surface area contributed by atoms with Crippen LogP contribution in [0, 0.1) is 0 Å². The highest BCUT2D eigenvalue weighted by Crippen LogP contribution is 2.20. The normalized spacial score (nSPS) is 11.3. The van der Waals surface area contributed by atoms with Crippen LogP contribution in [0.4, 0.5) is 5.69 Å². The van der Waals surface area contributed by atoms with Gasteiger partial charge in [-0.25, -0.2) is 0 Å². The molecule has 0 saturated carbocycles. The molecule has 3 aromatic carbocycles. The molecule has 3 aromatic rings. The summed E-state index contributed by atoms with van der Waals surface area (Å²) in [6.07, 6.45) is 0. The molecule has 0 amide bonds. The van der Waals surface area contributed by atoms with Gasteiger partial charge in [0.2, 0.25) is 0 Å². The SMILES string of the molecule is C/C(=N\NC(=S)Nc1ccccc1Cl)c1cccc2ccccc12. The maximum atomic E-state index is 6.11. The summed E-state index contributed by atoms with van der Waals surface area (Å²) in [6, 6.07) is 21.8. The molecule has 0 aliphatic heterocycles. The third kappa shape index (κ3) is 3.72. The van der Waals surface area contributed by atoms with Gasteiger partial charge >= 0.3 is 0 Å². The summed E-state index contributed by atoms with van der Waals surface area (Å²) in [5.41, 5.74) is 5.54. The molecule has 0 aliphatic carbocycles. The highest BCUT2D eigenvalue weighted by atomic mass is 35.5. The number of halogens is 1. The number of hydrogen-bond donors (Lipinski definition) is 2. The van der Waals surface area contributed by atoms with Crippen LogP contribution in [0.3, 0.4) is 0 Å². The van der Waals surface area contributed by atoms with Crippen LogP contribution in [0.15, 0.2) is 71.8 Å². The molecule has 2 N–H and O–H groups in total. The fraction of sp³-hybridized carbons (Fsp3) is 0.0526. The minimum atomic E-state index is 0.391. The third-order valence-electron chi connectivity index (χ3n) is 3.63. The molecule has 0 fully saturated rings. The zero-order valence-electron chi connectivity index (χ0n) is 13.1. The van der Waals surface area contributed by atoms with Crippen LogP contribution in [0.1, 0.15) is 12.5 Å². The van der Waals surface area contributed by atoms with Gasteiger partial charge in [0.1, 0.15) is 0 Å². The Morgan fingerprint density at radius 3 is 2.50 bits per heavy atom. The lowest BCUT2D eigenvalue weighted by Gasteiger charge is -2.10. The first-order valence-electron chi connectivity index (χ1n) is 7.49. The number of anilines is 1. The van der Waals surface area contributed by atoms with E-state index in [2.05, 4.69) is 34.0 Å². The summed E-state index contributed by atoms with van der Waals surface area (Å²) in [5, 5.41) is 10.8. The van der Waals surface area contributed by atoms with Gasteiger partial charge in [-0.05, 0) is 42.0 Å². The van der Waals surface area contributed by atoms with Crippen molar-refractivity contribution in [1.29, 1.82) is 0 Å². The van der Waals surface area contributed by atoms with Gasteiger partial charge in [-0.3, -0.25) is 5.43 Å². The summed E-state index contributed by atoms with van der Waals surface area (Å²) >= 11 is 11.4. The van der Waals surface area contributed by atoms with E-state index in [1.54, 1.807) is 6.07 Å². The molecule has 3 nitrogen and oxygen atoms in total. The van der Waals surface area contributed by atoms with Gasteiger partial charge in [0, 0.05) is 5.56 Å². The Labute approximate surface area is 151 Å². The lowest BCUT2D eigenvalue weighted by Crippen LogP contribution is -2.25. The Balaban J connectivity index is 1.76. The number of rotatable bonds is 3. The molecule has 0 atom stereocenters. The van der Waals surface area contributed by atoms with Crippen molar-refractivity contribution >= 4 is 51.1 Å². The molecule has 3 rings (SSSR count). The fourth-order valence-electron chi connectivity index (χ4n) is 2.45. The van der Waals surface area contributed by atoms with Crippen LogP contribution in [0.5, 0.6) is 0 Å². The van der Waals surface area contributed by atoms with E-state index in [0.29, 0.717) is 10.1 Å². The highest BCUT2D eigenvalue weighted by Gasteiger charge is 2.05. The van der Waals surface area contributed by atoms with Crippen molar-refractivity contribution in [1.82, 2.24) is 5.43 Å². The largest absolute Gasteiger partial charge is 0.330 e. The number of hydrogen-bond acceptors (Lipinski definition) is 2. The molecule has 0 heterocycles. The first-order valence-corrected chi connectivity index (χ1v) is 8.28. The lowest BCUT2D eigenvalue weighted by atomic mass is 10.0. The van der Waals surface area contributed by atoms with E-state index in [9.17, 15) is 0 Å². The van der Waals surface area contributed by atoms with E-state index in [1.807, 2.05) is 49.4 Å². The number of thiocarbonyl (C=S) groups is 1. The number of hydrazone groups is 1. The van der Waals surface area contributed by atoms with Crippen molar-refractivity contribution in [3.8, 4) is 0 Å². The second kappa shape index (κ2) is 7.43. The van der Waals surface area contributed by atoms with Gasteiger partial charge in [-0.1, -0.05) is 66.2 Å². The molecule has 24 heavy (non-hydrogen) atoms. The van der Waals surface area contributed by atoms with Crippen molar-refractivity contribution in [3.63, 3.8) is 0 Å². The van der Waals surface area contributed by atoms with E-state index >= 15 is 0 Å². The van der Waals surface area contributed by atoms with Crippen molar-refractivity contribution in [2.45, 2.75) is 6.92 Å². The maximum absolute atomic E-state index is 6.11. The Morgan fingerprint density at radius 1 is 0.958 bits per heavy atom. The molecule has 120 valence electrons. The third-order valence-corrected chi connectivity index (χ3v) is 4.15. The van der Waals surface area contributed by atoms with Crippen LogP contribution < -0.4 is 10.7 Å². The molecule has 0 saturated heterocycles. The van der Waals surface area contributed by atoms with Gasteiger partial charge < -0.3 is 5.32 Å². The minimum absolute atomic E-state index is 0.391. The number of para-hydroxylation sites is 1. The molecular weight excluding hydrogens is 338 g/mol. The molecule has 0 aromatic heterocycles. The van der Waals surface area contributed by atoms with E-state index in [1.165, 1.54) is 5.39 Å². The van der Waals surface area contributed by atoms with E-state index in [0.717, 1.165) is 22.3 Å². The summed E-state index contributed by atoms with van der Waals surface area (Å²) < 4.78 is 0. The fourth-order valence-corrected chi connectivity index (χ4v) is 2.79.